The van der Waals surface area contributed by atoms with Crippen molar-refractivity contribution in [2.75, 3.05) is 32.5 Å². The molecule has 2 fully saturated rings. The molecular formula is C19H24F2N4OS. The van der Waals surface area contributed by atoms with Crippen molar-refractivity contribution in [1.82, 2.24) is 14.8 Å². The molecule has 4 rings (SSSR count). The Morgan fingerprint density at radius 1 is 1.30 bits per heavy atom. The number of nitrogens with zero attached hydrogens (tertiary/aromatic N) is 3. The number of carbonyl (C=O) groups excluding carboxylic acids is 1. The smallest absolute Gasteiger partial charge is 0.230 e. The molecule has 2 aliphatic rings. The molecule has 3 heterocycles. The van der Waals surface area contributed by atoms with E-state index in [2.05, 4.69) is 34.2 Å². The van der Waals surface area contributed by atoms with Crippen LogP contribution in [0.2, 0.25) is 0 Å². The maximum atomic E-state index is 13.9. The highest BCUT2D eigenvalue weighted by Crippen LogP contribution is 2.40. The van der Waals surface area contributed by atoms with Crippen molar-refractivity contribution in [1.29, 1.82) is 0 Å². The lowest BCUT2D eigenvalue weighted by atomic mass is 9.89. The normalized spacial score (nSPS) is 25.4. The highest BCUT2D eigenvalue weighted by Gasteiger charge is 2.44. The molecule has 1 aromatic carbocycles. The van der Waals surface area contributed by atoms with E-state index in [1.54, 1.807) is 0 Å². The quantitative estimate of drug-likeness (QED) is 0.845. The molecule has 0 radical (unpaired) electrons. The lowest BCUT2D eigenvalue weighted by Crippen LogP contribution is -2.50. The maximum Gasteiger partial charge on any atom is 0.230 e. The second-order valence-corrected chi connectivity index (χ2v) is 8.80. The molecule has 3 unspecified atom stereocenters. The number of hydrogen-bond donors (Lipinski definition) is 1. The van der Waals surface area contributed by atoms with Gasteiger partial charge in [0.25, 0.3) is 0 Å². The standard InChI is InChI=1S/C19H24F2N4OS/c1-24(2)7-8-25-12-3-5-13(15(25)6-4-12)18(26)23-19-22-17-14(21)9-11(20)10-16(17)27-19/h9-10,12-13,15H,3-8H2,1-2H3,(H,22,23,26). The number of carbonyl (C=O) groups is 1. The predicted octanol–water partition coefficient (Wildman–Crippen LogP) is 3.32. The van der Waals surface area contributed by atoms with E-state index in [1.165, 1.54) is 6.07 Å². The summed E-state index contributed by atoms with van der Waals surface area (Å²) in [6.07, 6.45) is 4.08. The molecule has 3 atom stereocenters. The van der Waals surface area contributed by atoms with Crippen LogP contribution < -0.4 is 5.32 Å². The van der Waals surface area contributed by atoms with Crippen molar-refractivity contribution in [3.05, 3.63) is 23.8 Å². The topological polar surface area (TPSA) is 48.5 Å². The van der Waals surface area contributed by atoms with Gasteiger partial charge in [0.15, 0.2) is 10.9 Å². The molecule has 2 saturated heterocycles. The lowest BCUT2D eigenvalue weighted by molar-refractivity contribution is -0.123. The first-order valence-electron chi connectivity index (χ1n) is 9.39. The Morgan fingerprint density at radius 3 is 2.85 bits per heavy atom. The number of nitrogens with one attached hydrogen (secondary N) is 1. The third kappa shape index (κ3) is 3.70. The fourth-order valence-electron chi connectivity index (χ4n) is 4.45. The molecule has 146 valence electrons. The molecule has 2 bridgehead atoms. The van der Waals surface area contributed by atoms with Gasteiger partial charge >= 0.3 is 0 Å². The average molecular weight is 394 g/mol. The molecule has 27 heavy (non-hydrogen) atoms. The first-order valence-corrected chi connectivity index (χ1v) is 10.2. The summed E-state index contributed by atoms with van der Waals surface area (Å²) in [7, 11) is 4.12. The van der Waals surface area contributed by atoms with Gasteiger partial charge in [-0.15, -0.1) is 0 Å². The van der Waals surface area contributed by atoms with Gasteiger partial charge in [0.05, 0.1) is 10.6 Å². The molecule has 1 amide bonds. The van der Waals surface area contributed by atoms with Gasteiger partial charge in [-0.25, -0.2) is 13.8 Å². The number of amides is 1. The van der Waals surface area contributed by atoms with Crippen LogP contribution in [0.3, 0.4) is 0 Å². The van der Waals surface area contributed by atoms with E-state index < -0.39 is 11.6 Å². The first-order chi connectivity index (χ1) is 12.9. The Balaban J connectivity index is 1.48. The zero-order chi connectivity index (χ0) is 19.1. The second kappa shape index (κ2) is 7.41. The first kappa shape index (κ1) is 18.7. The number of fused-ring (bicyclic) bond motifs is 3. The zero-order valence-corrected chi connectivity index (χ0v) is 16.4. The van der Waals surface area contributed by atoms with Gasteiger partial charge in [0, 0.05) is 31.2 Å². The summed E-state index contributed by atoms with van der Waals surface area (Å²) in [4.78, 5) is 21.7. The van der Waals surface area contributed by atoms with Gasteiger partial charge < -0.3 is 10.2 Å². The van der Waals surface area contributed by atoms with Crippen LogP contribution in [-0.2, 0) is 4.79 Å². The molecule has 1 aromatic heterocycles. The summed E-state index contributed by atoms with van der Waals surface area (Å²) in [5.41, 5.74) is 0.105. The van der Waals surface area contributed by atoms with Crippen molar-refractivity contribution in [2.45, 2.75) is 37.8 Å². The van der Waals surface area contributed by atoms with Crippen LogP contribution in [0.1, 0.15) is 25.7 Å². The van der Waals surface area contributed by atoms with Gasteiger partial charge in [-0.2, -0.15) is 0 Å². The molecular weight excluding hydrogens is 370 g/mol. The van der Waals surface area contributed by atoms with Crippen LogP contribution >= 0.6 is 11.3 Å². The highest BCUT2D eigenvalue weighted by atomic mass is 32.1. The average Bonchev–Trinajstić information content (AvgIpc) is 3.11. The van der Waals surface area contributed by atoms with Crippen LogP contribution in [0.4, 0.5) is 13.9 Å². The number of benzene rings is 1. The van der Waals surface area contributed by atoms with Crippen molar-refractivity contribution in [3.8, 4) is 0 Å². The molecule has 0 aliphatic carbocycles. The molecule has 0 spiro atoms. The van der Waals surface area contributed by atoms with Crippen LogP contribution in [-0.4, -0.2) is 60.0 Å². The number of rotatable bonds is 5. The molecule has 0 saturated carbocycles. The Morgan fingerprint density at radius 2 is 2.07 bits per heavy atom. The number of hydrogen-bond acceptors (Lipinski definition) is 5. The SMILES string of the molecule is CN(C)CCN1C2CCC(C(=O)Nc3nc4c(F)cc(F)cc4s3)C1CC2. The number of piperidine rings is 1. The Hall–Kier alpha value is -1.64. The van der Waals surface area contributed by atoms with Crippen molar-refractivity contribution < 1.29 is 13.6 Å². The van der Waals surface area contributed by atoms with E-state index in [4.69, 9.17) is 0 Å². The number of anilines is 1. The van der Waals surface area contributed by atoms with Gasteiger partial charge in [-0.3, -0.25) is 9.69 Å². The summed E-state index contributed by atoms with van der Waals surface area (Å²) in [5, 5.41) is 3.19. The van der Waals surface area contributed by atoms with Crippen molar-refractivity contribution >= 4 is 32.6 Å². The van der Waals surface area contributed by atoms with Crippen LogP contribution in [0.15, 0.2) is 12.1 Å². The molecule has 5 nitrogen and oxygen atoms in total. The number of aromatic nitrogens is 1. The molecule has 8 heteroatoms. The van der Waals surface area contributed by atoms with Crippen LogP contribution in [0.5, 0.6) is 0 Å². The molecule has 2 aromatic rings. The Bertz CT molecular complexity index is 856. The van der Waals surface area contributed by atoms with E-state index in [9.17, 15) is 13.6 Å². The van der Waals surface area contributed by atoms with Gasteiger partial charge in [0.2, 0.25) is 5.91 Å². The lowest BCUT2D eigenvalue weighted by Gasteiger charge is -2.39. The largest absolute Gasteiger partial charge is 0.308 e. The monoisotopic (exact) mass is 394 g/mol. The van der Waals surface area contributed by atoms with Gasteiger partial charge in [0.1, 0.15) is 11.3 Å². The minimum absolute atomic E-state index is 0.0601. The van der Waals surface area contributed by atoms with Gasteiger partial charge in [-0.05, 0) is 45.8 Å². The Kier molecular flexibility index (Phi) is 5.13. The molecule has 2 aliphatic heterocycles. The summed E-state index contributed by atoms with van der Waals surface area (Å²) in [6, 6.07) is 2.90. The second-order valence-electron chi connectivity index (χ2n) is 7.77. The highest BCUT2D eigenvalue weighted by molar-refractivity contribution is 7.22. The fraction of sp³-hybridized carbons (Fsp3) is 0.579. The van der Waals surface area contributed by atoms with E-state index in [0.717, 1.165) is 56.2 Å². The molecule has 1 N–H and O–H groups in total. The zero-order valence-electron chi connectivity index (χ0n) is 15.5. The van der Waals surface area contributed by atoms with Crippen molar-refractivity contribution in [3.63, 3.8) is 0 Å². The number of thiazole rings is 1. The van der Waals surface area contributed by atoms with E-state index in [1.807, 2.05) is 0 Å². The number of halogens is 2. The van der Waals surface area contributed by atoms with Crippen molar-refractivity contribution in [2.24, 2.45) is 5.92 Å². The minimum Gasteiger partial charge on any atom is -0.308 e. The summed E-state index contributed by atoms with van der Waals surface area (Å²) >= 11 is 1.11. The number of likely N-dealkylation sites (N-methyl/N-ethyl adjacent to an activating group) is 1. The Labute approximate surface area is 161 Å². The minimum atomic E-state index is -0.701. The van der Waals surface area contributed by atoms with E-state index in [-0.39, 0.29) is 23.4 Å². The third-order valence-corrected chi connectivity index (χ3v) is 6.67. The van der Waals surface area contributed by atoms with E-state index in [0.29, 0.717) is 15.9 Å². The maximum absolute atomic E-state index is 13.9. The summed E-state index contributed by atoms with van der Waals surface area (Å²) in [5.74, 6) is -1.48. The van der Waals surface area contributed by atoms with Gasteiger partial charge in [-0.1, -0.05) is 11.3 Å². The summed E-state index contributed by atoms with van der Waals surface area (Å²) in [6.45, 7) is 1.95. The predicted molar refractivity (Wildman–Crippen MR) is 103 cm³/mol. The van der Waals surface area contributed by atoms with Crippen LogP contribution in [0.25, 0.3) is 10.2 Å². The fourth-order valence-corrected chi connectivity index (χ4v) is 5.36. The van der Waals surface area contributed by atoms with Crippen LogP contribution in [0, 0.1) is 17.6 Å². The third-order valence-electron chi connectivity index (χ3n) is 5.75. The van der Waals surface area contributed by atoms with E-state index >= 15 is 0 Å². The summed E-state index contributed by atoms with van der Waals surface area (Å²) < 4.78 is 27.6.